The SMILES string of the molecule is CCCC(=O)NC1CCCN(C(=O)C2CCN(S(=O)(=O)c3ccccc3C(F)(F)F)CC2)C1. The molecule has 1 aromatic rings. The van der Waals surface area contributed by atoms with Crippen LogP contribution in [0.3, 0.4) is 0 Å². The first-order valence-electron chi connectivity index (χ1n) is 11.3. The van der Waals surface area contributed by atoms with Crippen molar-refractivity contribution in [2.24, 2.45) is 5.92 Å². The van der Waals surface area contributed by atoms with E-state index in [2.05, 4.69) is 5.32 Å². The Labute approximate surface area is 192 Å². The van der Waals surface area contributed by atoms with E-state index in [-0.39, 0.29) is 49.7 Å². The van der Waals surface area contributed by atoms with Gasteiger partial charge in [-0.15, -0.1) is 0 Å². The lowest BCUT2D eigenvalue weighted by molar-refractivity contribution is -0.140. The van der Waals surface area contributed by atoms with E-state index in [1.165, 1.54) is 6.07 Å². The van der Waals surface area contributed by atoms with E-state index >= 15 is 0 Å². The average Bonchev–Trinajstić information content (AvgIpc) is 2.78. The van der Waals surface area contributed by atoms with Crippen molar-refractivity contribution >= 4 is 21.8 Å². The number of hydrogen-bond donors (Lipinski definition) is 1. The Morgan fingerprint density at radius 2 is 1.76 bits per heavy atom. The first-order chi connectivity index (χ1) is 15.5. The molecule has 1 unspecified atom stereocenters. The van der Waals surface area contributed by atoms with E-state index < -0.39 is 26.7 Å². The minimum Gasteiger partial charge on any atom is -0.352 e. The van der Waals surface area contributed by atoms with Crippen LogP contribution in [0.25, 0.3) is 0 Å². The van der Waals surface area contributed by atoms with Gasteiger partial charge in [0.25, 0.3) is 0 Å². The van der Waals surface area contributed by atoms with Crippen LogP contribution in [0.15, 0.2) is 29.2 Å². The topological polar surface area (TPSA) is 86.8 Å². The molecule has 0 saturated carbocycles. The summed E-state index contributed by atoms with van der Waals surface area (Å²) >= 11 is 0. The molecule has 0 radical (unpaired) electrons. The molecule has 2 saturated heterocycles. The van der Waals surface area contributed by atoms with Crippen molar-refractivity contribution in [2.75, 3.05) is 26.2 Å². The van der Waals surface area contributed by atoms with E-state index in [9.17, 15) is 31.2 Å². The standard InChI is InChI=1S/C22H30F3N3O4S/c1-2-6-20(29)26-17-7-5-12-27(15-17)21(30)16-10-13-28(14-11-16)33(31,32)19-9-4-3-8-18(19)22(23,24)25/h3-4,8-9,16-17H,2,5-7,10-15H2,1H3,(H,26,29). The second-order valence-electron chi connectivity index (χ2n) is 8.61. The highest BCUT2D eigenvalue weighted by atomic mass is 32.2. The maximum Gasteiger partial charge on any atom is 0.417 e. The minimum atomic E-state index is -4.78. The van der Waals surface area contributed by atoms with Crippen LogP contribution in [0.4, 0.5) is 13.2 Å². The van der Waals surface area contributed by atoms with Crippen LogP contribution in [-0.2, 0) is 25.8 Å². The molecule has 1 aromatic carbocycles. The largest absolute Gasteiger partial charge is 0.417 e. The van der Waals surface area contributed by atoms with Gasteiger partial charge >= 0.3 is 6.18 Å². The second-order valence-corrected chi connectivity index (χ2v) is 10.5. The van der Waals surface area contributed by atoms with Gasteiger partial charge in [-0.25, -0.2) is 8.42 Å². The number of likely N-dealkylation sites (tertiary alicyclic amines) is 1. The van der Waals surface area contributed by atoms with Crippen molar-refractivity contribution in [1.29, 1.82) is 0 Å². The van der Waals surface area contributed by atoms with Gasteiger partial charge in [-0.2, -0.15) is 17.5 Å². The molecule has 0 bridgehead atoms. The van der Waals surface area contributed by atoms with Gasteiger partial charge in [-0.3, -0.25) is 9.59 Å². The van der Waals surface area contributed by atoms with Crippen LogP contribution >= 0.6 is 0 Å². The molecule has 2 amide bonds. The molecule has 1 atom stereocenters. The van der Waals surface area contributed by atoms with Crippen molar-refractivity contribution in [2.45, 2.75) is 62.6 Å². The van der Waals surface area contributed by atoms with Crippen LogP contribution in [-0.4, -0.2) is 61.7 Å². The molecule has 184 valence electrons. The van der Waals surface area contributed by atoms with Crippen LogP contribution in [0.1, 0.15) is 51.0 Å². The number of nitrogens with one attached hydrogen (secondary N) is 1. The number of halogens is 3. The van der Waals surface area contributed by atoms with Crippen LogP contribution in [0, 0.1) is 5.92 Å². The Bertz CT molecular complexity index is 960. The smallest absolute Gasteiger partial charge is 0.352 e. The van der Waals surface area contributed by atoms with E-state index in [1.54, 1.807) is 4.90 Å². The van der Waals surface area contributed by atoms with Gasteiger partial charge in [-0.1, -0.05) is 19.1 Å². The number of sulfonamides is 1. The Kier molecular flexibility index (Phi) is 8.04. The van der Waals surface area contributed by atoms with Crippen molar-refractivity contribution < 1.29 is 31.2 Å². The zero-order chi connectivity index (χ0) is 24.2. The maximum absolute atomic E-state index is 13.3. The van der Waals surface area contributed by atoms with Gasteiger partial charge in [0, 0.05) is 44.6 Å². The summed E-state index contributed by atoms with van der Waals surface area (Å²) in [4.78, 5) is 25.8. The van der Waals surface area contributed by atoms with Gasteiger partial charge < -0.3 is 10.2 Å². The number of amides is 2. The molecule has 3 rings (SSSR count). The normalized spacial score (nSPS) is 21.1. The lowest BCUT2D eigenvalue weighted by Gasteiger charge is -2.37. The van der Waals surface area contributed by atoms with Crippen molar-refractivity contribution in [3.8, 4) is 0 Å². The summed E-state index contributed by atoms with van der Waals surface area (Å²) in [6.07, 6.45) is -1.54. The summed E-state index contributed by atoms with van der Waals surface area (Å²) in [6, 6.07) is 4.06. The number of nitrogens with zero attached hydrogens (tertiary/aromatic N) is 2. The summed E-state index contributed by atoms with van der Waals surface area (Å²) < 4.78 is 66.8. The second kappa shape index (κ2) is 10.4. The fourth-order valence-corrected chi connectivity index (χ4v) is 6.17. The highest BCUT2D eigenvalue weighted by molar-refractivity contribution is 7.89. The summed E-state index contributed by atoms with van der Waals surface area (Å²) in [5, 5.41) is 2.96. The van der Waals surface area contributed by atoms with Crippen molar-refractivity contribution in [3.63, 3.8) is 0 Å². The predicted octanol–water partition coefficient (Wildman–Crippen LogP) is 3.01. The number of carbonyl (C=O) groups is 2. The number of piperidine rings is 2. The predicted molar refractivity (Wildman–Crippen MR) is 116 cm³/mol. The van der Waals surface area contributed by atoms with Crippen molar-refractivity contribution in [1.82, 2.24) is 14.5 Å². The lowest BCUT2D eigenvalue weighted by atomic mass is 9.95. The third-order valence-electron chi connectivity index (χ3n) is 6.19. The molecular weight excluding hydrogens is 459 g/mol. The third kappa shape index (κ3) is 6.06. The minimum absolute atomic E-state index is 0.0184. The molecule has 33 heavy (non-hydrogen) atoms. The molecule has 1 N–H and O–H groups in total. The molecule has 2 aliphatic heterocycles. The van der Waals surface area contributed by atoms with Gasteiger partial charge in [0.05, 0.1) is 10.5 Å². The molecule has 0 spiro atoms. The molecule has 0 aliphatic carbocycles. The fraction of sp³-hybridized carbons (Fsp3) is 0.636. The maximum atomic E-state index is 13.3. The Balaban J connectivity index is 1.62. The van der Waals surface area contributed by atoms with Gasteiger partial charge in [-0.05, 0) is 44.2 Å². The number of rotatable bonds is 6. The van der Waals surface area contributed by atoms with E-state index in [1.807, 2.05) is 6.92 Å². The molecule has 2 aliphatic rings. The first-order valence-corrected chi connectivity index (χ1v) is 12.7. The molecule has 0 aromatic heterocycles. The summed E-state index contributed by atoms with van der Waals surface area (Å²) in [5.74, 6) is -0.508. The van der Waals surface area contributed by atoms with Crippen molar-refractivity contribution in [3.05, 3.63) is 29.8 Å². The van der Waals surface area contributed by atoms with Crippen LogP contribution < -0.4 is 5.32 Å². The van der Waals surface area contributed by atoms with Gasteiger partial charge in [0.2, 0.25) is 21.8 Å². The number of alkyl halides is 3. The highest BCUT2D eigenvalue weighted by Gasteiger charge is 2.40. The van der Waals surface area contributed by atoms with E-state index in [0.717, 1.165) is 41.8 Å². The zero-order valence-electron chi connectivity index (χ0n) is 18.6. The van der Waals surface area contributed by atoms with Crippen LogP contribution in [0.5, 0.6) is 0 Å². The molecule has 11 heteroatoms. The summed E-state index contributed by atoms with van der Waals surface area (Å²) in [6.45, 7) is 2.89. The monoisotopic (exact) mass is 489 g/mol. The third-order valence-corrected chi connectivity index (χ3v) is 8.15. The highest BCUT2D eigenvalue weighted by Crippen LogP contribution is 2.36. The van der Waals surface area contributed by atoms with Gasteiger partial charge in [0.15, 0.2) is 0 Å². The van der Waals surface area contributed by atoms with E-state index in [4.69, 9.17) is 0 Å². The lowest BCUT2D eigenvalue weighted by Crippen LogP contribution is -2.52. The van der Waals surface area contributed by atoms with E-state index in [0.29, 0.717) is 19.5 Å². The molecule has 2 fully saturated rings. The fourth-order valence-electron chi connectivity index (χ4n) is 4.49. The molecule has 2 heterocycles. The quantitative estimate of drug-likeness (QED) is 0.666. The van der Waals surface area contributed by atoms with Crippen LogP contribution in [0.2, 0.25) is 0 Å². The number of carbonyl (C=O) groups excluding carboxylic acids is 2. The average molecular weight is 490 g/mol. The Morgan fingerprint density at radius 1 is 1.09 bits per heavy atom. The summed E-state index contributed by atoms with van der Waals surface area (Å²) in [5.41, 5.74) is -1.19. The molecular formula is C22H30F3N3O4S. The zero-order valence-corrected chi connectivity index (χ0v) is 19.4. The number of hydrogen-bond acceptors (Lipinski definition) is 4. The number of benzene rings is 1. The summed E-state index contributed by atoms with van der Waals surface area (Å²) in [7, 11) is -4.34. The van der Waals surface area contributed by atoms with Gasteiger partial charge in [0.1, 0.15) is 0 Å². The Morgan fingerprint density at radius 3 is 2.39 bits per heavy atom. The first kappa shape index (κ1) is 25.5. The molecule has 7 nitrogen and oxygen atoms in total. The Hall–Kier alpha value is -2.14.